The van der Waals surface area contributed by atoms with E-state index in [-0.39, 0.29) is 11.8 Å². The summed E-state index contributed by atoms with van der Waals surface area (Å²) in [5, 5.41) is 2.25. The lowest BCUT2D eigenvalue weighted by Gasteiger charge is -2.15. The highest BCUT2D eigenvalue weighted by molar-refractivity contribution is 6.08. The Hall–Kier alpha value is -3.01. The van der Waals surface area contributed by atoms with Gasteiger partial charge in [-0.25, -0.2) is 0 Å². The molecule has 118 valence electrons. The van der Waals surface area contributed by atoms with Crippen molar-refractivity contribution in [2.45, 2.75) is 12.3 Å². The minimum Gasteiger partial charge on any atom is -0.361 e. The molecule has 2 aromatic heterocycles. The van der Waals surface area contributed by atoms with E-state index in [2.05, 4.69) is 28.2 Å². The van der Waals surface area contributed by atoms with Crippen LogP contribution in [0.25, 0.3) is 21.8 Å². The summed E-state index contributed by atoms with van der Waals surface area (Å²) in [6.07, 6.45) is 4.78. The quantitative estimate of drug-likeness (QED) is 0.573. The monoisotopic (exact) mass is 315 g/mol. The number of amides is 1. The topological polar surface area (TPSA) is 51.9 Å². The number of anilines is 1. The molecule has 4 heteroatoms. The highest BCUT2D eigenvalue weighted by Crippen LogP contribution is 2.37. The van der Waals surface area contributed by atoms with Crippen LogP contribution in [0.4, 0.5) is 5.69 Å². The maximum Gasteiger partial charge on any atom is 0.234 e. The van der Waals surface area contributed by atoms with Gasteiger partial charge in [0.25, 0.3) is 0 Å². The Morgan fingerprint density at radius 3 is 2.38 bits per heavy atom. The molecule has 1 amide bonds. The largest absolute Gasteiger partial charge is 0.361 e. The highest BCUT2D eigenvalue weighted by Gasteiger charge is 2.35. The van der Waals surface area contributed by atoms with E-state index in [0.717, 1.165) is 46.0 Å². The summed E-state index contributed by atoms with van der Waals surface area (Å²) < 4.78 is 0. The van der Waals surface area contributed by atoms with Gasteiger partial charge < -0.3 is 14.9 Å². The third kappa shape index (κ3) is 1.83. The van der Waals surface area contributed by atoms with E-state index in [0.29, 0.717) is 0 Å². The molecule has 24 heavy (non-hydrogen) atoms. The SMILES string of the molecule is O=C1C(c2c[nH]c3ccccc23)CCN1c1c[nH]c2ccccc12. The molecule has 4 aromatic rings. The van der Waals surface area contributed by atoms with Gasteiger partial charge in [-0.2, -0.15) is 0 Å². The molecule has 0 saturated carbocycles. The van der Waals surface area contributed by atoms with Crippen LogP contribution in [0.3, 0.4) is 0 Å². The molecule has 1 fully saturated rings. The normalized spacial score (nSPS) is 18.1. The Morgan fingerprint density at radius 2 is 1.54 bits per heavy atom. The van der Waals surface area contributed by atoms with Crippen LogP contribution >= 0.6 is 0 Å². The summed E-state index contributed by atoms with van der Waals surface area (Å²) >= 11 is 0. The van der Waals surface area contributed by atoms with Gasteiger partial charge in [-0.05, 0) is 24.1 Å². The van der Waals surface area contributed by atoms with Crippen LogP contribution in [0.5, 0.6) is 0 Å². The fraction of sp³-hybridized carbons (Fsp3) is 0.150. The third-order valence-electron chi connectivity index (χ3n) is 5.06. The Bertz CT molecular complexity index is 975. The van der Waals surface area contributed by atoms with Crippen molar-refractivity contribution in [2.24, 2.45) is 0 Å². The molecule has 0 aliphatic carbocycles. The molecular weight excluding hydrogens is 298 g/mol. The number of H-pyrrole nitrogens is 2. The van der Waals surface area contributed by atoms with Crippen molar-refractivity contribution < 1.29 is 4.79 Å². The first kappa shape index (κ1) is 13.4. The van der Waals surface area contributed by atoms with Gasteiger partial charge in [0.05, 0.1) is 11.6 Å². The van der Waals surface area contributed by atoms with E-state index in [1.165, 1.54) is 0 Å². The van der Waals surface area contributed by atoms with Gasteiger partial charge in [0.1, 0.15) is 0 Å². The third-order valence-corrected chi connectivity index (χ3v) is 5.06. The first-order valence-corrected chi connectivity index (χ1v) is 8.26. The van der Waals surface area contributed by atoms with Crippen molar-refractivity contribution in [3.63, 3.8) is 0 Å². The van der Waals surface area contributed by atoms with Gasteiger partial charge in [-0.1, -0.05) is 36.4 Å². The Balaban J connectivity index is 1.55. The van der Waals surface area contributed by atoms with E-state index >= 15 is 0 Å². The van der Waals surface area contributed by atoms with Crippen molar-refractivity contribution in [1.82, 2.24) is 9.97 Å². The molecule has 2 aromatic carbocycles. The zero-order valence-corrected chi connectivity index (χ0v) is 13.1. The predicted molar refractivity (Wildman–Crippen MR) is 96.3 cm³/mol. The van der Waals surface area contributed by atoms with E-state index in [1.807, 2.05) is 47.6 Å². The number of fused-ring (bicyclic) bond motifs is 2. The van der Waals surface area contributed by atoms with Crippen LogP contribution < -0.4 is 4.90 Å². The number of aromatic nitrogens is 2. The lowest BCUT2D eigenvalue weighted by atomic mass is 9.97. The number of aromatic amines is 2. The summed E-state index contributed by atoms with van der Waals surface area (Å²) in [7, 11) is 0. The maximum atomic E-state index is 13.1. The van der Waals surface area contributed by atoms with Gasteiger partial charge in [-0.15, -0.1) is 0 Å². The Kier molecular flexibility index (Phi) is 2.80. The number of para-hydroxylation sites is 2. The van der Waals surface area contributed by atoms with Crippen molar-refractivity contribution in [3.05, 3.63) is 66.5 Å². The summed E-state index contributed by atoms with van der Waals surface area (Å²) in [4.78, 5) is 21.6. The molecule has 3 heterocycles. The van der Waals surface area contributed by atoms with Gasteiger partial charge in [0.15, 0.2) is 0 Å². The van der Waals surface area contributed by atoms with Crippen molar-refractivity contribution in [2.75, 3.05) is 11.4 Å². The molecule has 2 N–H and O–H groups in total. The number of nitrogens with zero attached hydrogens (tertiary/aromatic N) is 1. The zero-order chi connectivity index (χ0) is 16.1. The molecule has 1 unspecified atom stereocenters. The van der Waals surface area contributed by atoms with E-state index in [1.54, 1.807) is 0 Å². The van der Waals surface area contributed by atoms with Gasteiger partial charge in [0, 0.05) is 40.7 Å². The number of hydrogen-bond donors (Lipinski definition) is 2. The van der Waals surface area contributed by atoms with E-state index in [4.69, 9.17) is 0 Å². The van der Waals surface area contributed by atoms with Crippen LogP contribution in [-0.2, 0) is 4.79 Å². The van der Waals surface area contributed by atoms with Crippen LogP contribution in [-0.4, -0.2) is 22.4 Å². The second kappa shape index (κ2) is 4.99. The Labute approximate surface area is 139 Å². The van der Waals surface area contributed by atoms with Crippen molar-refractivity contribution in [1.29, 1.82) is 0 Å². The van der Waals surface area contributed by atoms with Crippen molar-refractivity contribution >= 4 is 33.4 Å². The lowest BCUT2D eigenvalue weighted by Crippen LogP contribution is -2.26. The standard InChI is InChI=1S/C20H17N3O/c24-20-14(16-11-21-17-7-3-1-5-13(16)17)9-10-23(20)19-12-22-18-8-4-2-6-15(18)19/h1-8,11-12,14,21-22H,9-10H2. The van der Waals surface area contributed by atoms with Crippen LogP contribution in [0.2, 0.25) is 0 Å². The molecular formula is C20H17N3O. The Morgan fingerprint density at radius 1 is 0.875 bits per heavy atom. The summed E-state index contributed by atoms with van der Waals surface area (Å²) in [6.45, 7) is 0.755. The molecule has 0 bridgehead atoms. The number of benzene rings is 2. The van der Waals surface area contributed by atoms with Gasteiger partial charge >= 0.3 is 0 Å². The molecule has 1 aliphatic heterocycles. The number of carbonyl (C=O) groups excluding carboxylic acids is 1. The van der Waals surface area contributed by atoms with Crippen LogP contribution in [0.15, 0.2) is 60.9 Å². The minimum atomic E-state index is -0.0742. The molecule has 5 rings (SSSR count). The molecule has 0 spiro atoms. The average Bonchev–Trinajstić information content (AvgIpc) is 3.31. The number of rotatable bonds is 2. The number of hydrogen-bond acceptors (Lipinski definition) is 1. The average molecular weight is 315 g/mol. The highest BCUT2D eigenvalue weighted by atomic mass is 16.2. The molecule has 4 nitrogen and oxygen atoms in total. The number of nitrogens with one attached hydrogen (secondary N) is 2. The first-order chi connectivity index (χ1) is 11.8. The molecule has 0 radical (unpaired) electrons. The molecule has 1 aliphatic rings. The minimum absolute atomic E-state index is 0.0742. The maximum absolute atomic E-state index is 13.1. The van der Waals surface area contributed by atoms with Gasteiger partial charge in [0.2, 0.25) is 5.91 Å². The second-order valence-corrected chi connectivity index (χ2v) is 6.34. The second-order valence-electron chi connectivity index (χ2n) is 6.34. The molecule has 1 saturated heterocycles. The fourth-order valence-corrected chi connectivity index (χ4v) is 3.87. The van der Waals surface area contributed by atoms with E-state index < -0.39 is 0 Å². The van der Waals surface area contributed by atoms with Gasteiger partial charge in [-0.3, -0.25) is 4.79 Å². The first-order valence-electron chi connectivity index (χ1n) is 8.26. The summed E-state index contributed by atoms with van der Waals surface area (Å²) in [5.74, 6) is 0.110. The van der Waals surface area contributed by atoms with Crippen LogP contribution in [0.1, 0.15) is 17.9 Å². The number of carbonyl (C=O) groups is 1. The van der Waals surface area contributed by atoms with Crippen LogP contribution in [0, 0.1) is 0 Å². The predicted octanol–water partition coefficient (Wildman–Crippen LogP) is 4.17. The summed E-state index contributed by atoms with van der Waals surface area (Å²) in [5.41, 5.74) is 4.25. The van der Waals surface area contributed by atoms with E-state index in [9.17, 15) is 4.79 Å². The summed E-state index contributed by atoms with van der Waals surface area (Å²) in [6, 6.07) is 16.3. The smallest absolute Gasteiger partial charge is 0.234 e. The zero-order valence-electron chi connectivity index (χ0n) is 13.1. The molecule has 1 atom stereocenters. The lowest BCUT2D eigenvalue weighted by molar-refractivity contribution is -0.118. The fourth-order valence-electron chi connectivity index (χ4n) is 3.87. The van der Waals surface area contributed by atoms with Crippen molar-refractivity contribution in [3.8, 4) is 0 Å².